The maximum absolute atomic E-state index is 13.2. The molecule has 8 nitrogen and oxygen atoms in total. The number of nitrogens with zero attached hydrogens (tertiary/aromatic N) is 4. The molecular formula is C26H28N4O4S. The van der Waals surface area contributed by atoms with E-state index in [4.69, 9.17) is 4.74 Å². The van der Waals surface area contributed by atoms with Crippen molar-refractivity contribution in [2.45, 2.75) is 19.4 Å². The zero-order valence-electron chi connectivity index (χ0n) is 19.6. The molecule has 2 aromatic heterocycles. The predicted octanol–water partition coefficient (Wildman–Crippen LogP) is 3.39. The molecule has 35 heavy (non-hydrogen) atoms. The molecule has 1 N–H and O–H groups in total. The maximum Gasteiger partial charge on any atom is 0.295 e. The van der Waals surface area contributed by atoms with Crippen molar-refractivity contribution in [3.63, 3.8) is 0 Å². The molecule has 0 unspecified atom stereocenters. The molecule has 182 valence electrons. The first kappa shape index (κ1) is 23.5. The van der Waals surface area contributed by atoms with Crippen LogP contribution in [0.15, 0.2) is 59.6 Å². The van der Waals surface area contributed by atoms with Gasteiger partial charge in [0.25, 0.3) is 11.7 Å². The normalized spacial score (nSPS) is 20.6. The van der Waals surface area contributed by atoms with E-state index in [0.717, 1.165) is 49.8 Å². The van der Waals surface area contributed by atoms with Crippen molar-refractivity contribution < 1.29 is 19.4 Å². The molecule has 2 fully saturated rings. The Labute approximate surface area is 208 Å². The third-order valence-corrected chi connectivity index (χ3v) is 7.52. The molecule has 0 saturated carbocycles. The first-order valence-electron chi connectivity index (χ1n) is 11.8. The average Bonchev–Trinajstić information content (AvgIpc) is 3.60. The third-order valence-electron chi connectivity index (χ3n) is 6.60. The van der Waals surface area contributed by atoms with Gasteiger partial charge in [0.2, 0.25) is 0 Å². The number of carbonyl (C=O) groups is 2. The Balaban J connectivity index is 1.47. The summed E-state index contributed by atoms with van der Waals surface area (Å²) in [5.74, 6) is -1.41. The number of Topliss-reactive ketones (excluding diaryl/α,β-unsaturated/α-hetero) is 1. The second kappa shape index (κ2) is 10.2. The summed E-state index contributed by atoms with van der Waals surface area (Å²) in [4.78, 5) is 31.1. The lowest BCUT2D eigenvalue weighted by molar-refractivity contribution is -0.140. The topological polar surface area (TPSA) is 87.9 Å². The van der Waals surface area contributed by atoms with E-state index in [2.05, 4.69) is 10.00 Å². The van der Waals surface area contributed by atoms with Crippen LogP contribution in [0.4, 0.5) is 0 Å². The number of morpholine rings is 1. The Kier molecular flexibility index (Phi) is 6.81. The highest BCUT2D eigenvalue weighted by Gasteiger charge is 2.46. The molecule has 9 heteroatoms. The van der Waals surface area contributed by atoms with E-state index in [1.165, 1.54) is 11.3 Å². The van der Waals surface area contributed by atoms with Crippen molar-refractivity contribution in [3.8, 4) is 5.69 Å². The fourth-order valence-corrected chi connectivity index (χ4v) is 5.60. The van der Waals surface area contributed by atoms with Crippen LogP contribution in [-0.4, -0.2) is 75.8 Å². The molecule has 0 radical (unpaired) electrons. The van der Waals surface area contributed by atoms with Crippen LogP contribution in [-0.2, 0) is 14.3 Å². The summed E-state index contributed by atoms with van der Waals surface area (Å²) in [5, 5.41) is 17.7. The van der Waals surface area contributed by atoms with Crippen molar-refractivity contribution >= 4 is 28.8 Å². The van der Waals surface area contributed by atoms with Crippen LogP contribution in [0, 0.1) is 6.92 Å². The van der Waals surface area contributed by atoms with Gasteiger partial charge in [0.1, 0.15) is 5.76 Å². The zero-order valence-corrected chi connectivity index (χ0v) is 20.4. The van der Waals surface area contributed by atoms with Gasteiger partial charge in [-0.15, -0.1) is 11.3 Å². The molecule has 4 heterocycles. The van der Waals surface area contributed by atoms with Gasteiger partial charge >= 0.3 is 0 Å². The van der Waals surface area contributed by atoms with E-state index in [1.807, 2.05) is 54.8 Å². The minimum atomic E-state index is -0.654. The van der Waals surface area contributed by atoms with E-state index in [9.17, 15) is 14.7 Å². The zero-order chi connectivity index (χ0) is 24.4. The van der Waals surface area contributed by atoms with Crippen molar-refractivity contribution in [2.75, 3.05) is 39.4 Å². The molecule has 1 atom stereocenters. The summed E-state index contributed by atoms with van der Waals surface area (Å²) in [7, 11) is 0. The standard InChI is InChI=1S/C26H28N4O4S/c1-18-20(17-27-30(18)19-7-3-2-4-8-19)24(31)22-23(21-9-5-16-35-21)29(26(33)25(22)32)11-6-10-28-12-14-34-15-13-28/h2-5,7-9,16-17,23,31H,6,10-15H2,1H3/t23-/m1/s1. The van der Waals surface area contributed by atoms with Gasteiger partial charge in [-0.05, 0) is 36.9 Å². The molecular weight excluding hydrogens is 464 g/mol. The Hall–Kier alpha value is -3.27. The Morgan fingerprint density at radius 2 is 1.89 bits per heavy atom. The molecule has 2 aliphatic heterocycles. The van der Waals surface area contributed by atoms with Gasteiger partial charge in [-0.3, -0.25) is 14.5 Å². The van der Waals surface area contributed by atoms with Gasteiger partial charge in [0.05, 0.1) is 48.0 Å². The van der Waals surface area contributed by atoms with E-state index in [0.29, 0.717) is 17.8 Å². The molecule has 2 aliphatic rings. The van der Waals surface area contributed by atoms with Gasteiger partial charge in [0, 0.05) is 31.1 Å². The SMILES string of the molecule is Cc1c(C(O)=C2C(=O)C(=O)N(CCCN3CCOCC3)[C@@H]2c2cccs2)cnn1-c1ccccc1. The summed E-state index contributed by atoms with van der Waals surface area (Å²) in [6.45, 7) is 6.28. The monoisotopic (exact) mass is 492 g/mol. The number of amides is 1. The van der Waals surface area contributed by atoms with E-state index in [1.54, 1.807) is 15.8 Å². The molecule has 1 amide bonds. The van der Waals surface area contributed by atoms with Crippen LogP contribution in [0.25, 0.3) is 11.4 Å². The lowest BCUT2D eigenvalue weighted by Gasteiger charge is -2.28. The minimum absolute atomic E-state index is 0.125. The Morgan fingerprint density at radius 1 is 1.11 bits per heavy atom. The Morgan fingerprint density at radius 3 is 2.60 bits per heavy atom. The second-order valence-corrected chi connectivity index (χ2v) is 9.69. The first-order chi connectivity index (χ1) is 17.1. The molecule has 1 aromatic carbocycles. The molecule has 0 bridgehead atoms. The number of rotatable bonds is 7. The number of aliphatic hydroxyl groups excluding tert-OH is 1. The summed E-state index contributed by atoms with van der Waals surface area (Å²) in [6.07, 6.45) is 2.29. The fourth-order valence-electron chi connectivity index (χ4n) is 4.76. The van der Waals surface area contributed by atoms with Crippen LogP contribution in [0.5, 0.6) is 0 Å². The molecule has 5 rings (SSSR count). The number of ether oxygens (including phenoxy) is 1. The number of aliphatic hydroxyl groups is 1. The summed E-state index contributed by atoms with van der Waals surface area (Å²) < 4.78 is 7.12. The molecule has 0 spiro atoms. The van der Waals surface area contributed by atoms with Crippen molar-refractivity contribution in [1.82, 2.24) is 19.6 Å². The summed E-state index contributed by atoms with van der Waals surface area (Å²) in [6, 6.07) is 12.8. The quantitative estimate of drug-likeness (QED) is 0.309. The number of thiophene rings is 1. The van der Waals surface area contributed by atoms with Crippen LogP contribution < -0.4 is 0 Å². The lowest BCUT2D eigenvalue weighted by Crippen LogP contribution is -2.38. The fraction of sp³-hybridized carbons (Fsp3) is 0.346. The van der Waals surface area contributed by atoms with Crippen molar-refractivity contribution in [3.05, 3.63) is 75.7 Å². The van der Waals surface area contributed by atoms with Crippen LogP contribution in [0.2, 0.25) is 0 Å². The predicted molar refractivity (Wildman–Crippen MR) is 134 cm³/mol. The Bertz CT molecular complexity index is 1230. The number of hydrogen-bond acceptors (Lipinski definition) is 7. The number of benzene rings is 1. The number of aromatic nitrogens is 2. The first-order valence-corrected chi connectivity index (χ1v) is 12.7. The van der Waals surface area contributed by atoms with Gasteiger partial charge in [-0.1, -0.05) is 24.3 Å². The average molecular weight is 493 g/mol. The smallest absolute Gasteiger partial charge is 0.295 e. The second-order valence-electron chi connectivity index (χ2n) is 8.71. The van der Waals surface area contributed by atoms with Gasteiger partial charge in [-0.25, -0.2) is 4.68 Å². The molecule has 2 saturated heterocycles. The van der Waals surface area contributed by atoms with Crippen LogP contribution in [0.1, 0.15) is 28.6 Å². The molecule has 3 aromatic rings. The summed E-state index contributed by atoms with van der Waals surface area (Å²) >= 11 is 1.47. The van der Waals surface area contributed by atoms with Gasteiger partial charge in [0.15, 0.2) is 0 Å². The maximum atomic E-state index is 13.2. The van der Waals surface area contributed by atoms with E-state index in [-0.39, 0.29) is 11.3 Å². The van der Waals surface area contributed by atoms with Gasteiger partial charge in [-0.2, -0.15) is 5.10 Å². The highest BCUT2D eigenvalue weighted by atomic mass is 32.1. The number of likely N-dealkylation sites (tertiary alicyclic amines) is 1. The van der Waals surface area contributed by atoms with Crippen molar-refractivity contribution in [2.24, 2.45) is 0 Å². The number of hydrogen-bond donors (Lipinski definition) is 1. The van der Waals surface area contributed by atoms with Crippen molar-refractivity contribution in [1.29, 1.82) is 0 Å². The largest absolute Gasteiger partial charge is 0.507 e. The molecule has 0 aliphatic carbocycles. The summed E-state index contributed by atoms with van der Waals surface area (Å²) in [5.41, 5.74) is 2.11. The third kappa shape index (κ3) is 4.54. The van der Waals surface area contributed by atoms with Gasteiger partial charge < -0.3 is 14.7 Å². The lowest BCUT2D eigenvalue weighted by atomic mass is 10.00. The minimum Gasteiger partial charge on any atom is -0.507 e. The van der Waals surface area contributed by atoms with E-state index >= 15 is 0 Å². The van der Waals surface area contributed by atoms with Crippen LogP contribution in [0.3, 0.4) is 0 Å². The van der Waals surface area contributed by atoms with E-state index < -0.39 is 17.7 Å². The highest BCUT2D eigenvalue weighted by molar-refractivity contribution is 7.10. The highest BCUT2D eigenvalue weighted by Crippen LogP contribution is 2.41. The van der Waals surface area contributed by atoms with Crippen LogP contribution >= 0.6 is 11.3 Å². The number of para-hydroxylation sites is 1. The number of carbonyl (C=O) groups excluding carboxylic acids is 2. The number of ketones is 1.